The zero-order valence-corrected chi connectivity index (χ0v) is 17.2. The van der Waals surface area contributed by atoms with Crippen molar-refractivity contribution in [3.05, 3.63) is 47.0 Å². The van der Waals surface area contributed by atoms with Crippen LogP contribution in [0.4, 0.5) is 9.18 Å². The molecule has 8 nitrogen and oxygen atoms in total. The van der Waals surface area contributed by atoms with Crippen LogP contribution in [0.15, 0.2) is 35.5 Å². The number of likely N-dealkylation sites (tertiary alicyclic amines) is 1. The maximum atomic E-state index is 12.8. The normalized spacial score (nSPS) is 15.2. The molecule has 1 aliphatic heterocycles. The fourth-order valence-corrected chi connectivity index (χ4v) is 3.83. The lowest BCUT2D eigenvalue weighted by molar-refractivity contribution is 0.103. The highest BCUT2D eigenvalue weighted by atomic mass is 35.5. The molecule has 0 aliphatic carbocycles. The topological polar surface area (TPSA) is 101 Å². The van der Waals surface area contributed by atoms with E-state index >= 15 is 0 Å². The van der Waals surface area contributed by atoms with Gasteiger partial charge in [-0.15, -0.1) is 0 Å². The molecule has 1 aromatic carbocycles. The molecule has 3 rings (SSSR count). The quantitative estimate of drug-likeness (QED) is 0.763. The van der Waals surface area contributed by atoms with Crippen LogP contribution in [0.5, 0.6) is 6.01 Å². The second-order valence-corrected chi connectivity index (χ2v) is 9.10. The Morgan fingerprint density at radius 1 is 1.31 bits per heavy atom. The van der Waals surface area contributed by atoms with Crippen molar-refractivity contribution in [3.63, 3.8) is 0 Å². The Balaban J connectivity index is 1.48. The van der Waals surface area contributed by atoms with E-state index in [0.29, 0.717) is 31.5 Å². The van der Waals surface area contributed by atoms with Crippen molar-refractivity contribution in [3.8, 4) is 6.01 Å². The lowest BCUT2D eigenvalue weighted by Crippen LogP contribution is -2.46. The zero-order valence-electron chi connectivity index (χ0n) is 15.6. The molecule has 0 spiro atoms. The SMILES string of the molecule is CS(=O)(=O)c1ccc(CNC(=O)N2CCC(Oc3ncc(F)cn3)CC2)c(Cl)c1. The van der Waals surface area contributed by atoms with Crippen molar-refractivity contribution in [2.45, 2.75) is 30.4 Å². The van der Waals surface area contributed by atoms with E-state index in [2.05, 4.69) is 15.3 Å². The van der Waals surface area contributed by atoms with Crippen molar-refractivity contribution >= 4 is 27.5 Å². The molecule has 2 aromatic rings. The van der Waals surface area contributed by atoms with Crippen LogP contribution < -0.4 is 10.1 Å². The van der Waals surface area contributed by atoms with Crippen LogP contribution in [0, 0.1) is 5.82 Å². The van der Waals surface area contributed by atoms with Gasteiger partial charge in [0.15, 0.2) is 15.7 Å². The van der Waals surface area contributed by atoms with E-state index in [4.69, 9.17) is 16.3 Å². The number of ether oxygens (including phenoxy) is 1. The number of nitrogens with zero attached hydrogens (tertiary/aromatic N) is 3. The van der Waals surface area contributed by atoms with Crippen LogP contribution in [0.2, 0.25) is 5.02 Å². The Kier molecular flexibility index (Phi) is 6.53. The summed E-state index contributed by atoms with van der Waals surface area (Å²) in [6, 6.07) is 4.29. The maximum Gasteiger partial charge on any atom is 0.317 e. The minimum Gasteiger partial charge on any atom is -0.460 e. The molecule has 1 fully saturated rings. The standard InChI is InChI=1S/C18H20ClFN4O4S/c1-29(26,27)15-3-2-12(16(19)8-15)9-23-18(25)24-6-4-14(5-7-24)28-17-21-10-13(20)11-22-17/h2-3,8,10-11,14H,4-7,9H2,1H3,(H,23,25). The third kappa shape index (κ3) is 5.77. The Labute approximate surface area is 173 Å². The van der Waals surface area contributed by atoms with Gasteiger partial charge in [-0.05, 0) is 17.7 Å². The number of hydrogen-bond donors (Lipinski definition) is 1. The number of nitrogens with one attached hydrogen (secondary N) is 1. The smallest absolute Gasteiger partial charge is 0.317 e. The number of urea groups is 1. The number of carbonyl (C=O) groups excluding carboxylic acids is 1. The van der Waals surface area contributed by atoms with E-state index < -0.39 is 15.7 Å². The molecule has 1 saturated heterocycles. The van der Waals surface area contributed by atoms with Crippen molar-refractivity contribution < 1.29 is 22.3 Å². The number of carbonyl (C=O) groups is 1. The molecule has 1 N–H and O–H groups in total. The van der Waals surface area contributed by atoms with E-state index in [-0.39, 0.29) is 34.6 Å². The first-order valence-electron chi connectivity index (χ1n) is 8.88. The van der Waals surface area contributed by atoms with Crippen LogP contribution in [0.1, 0.15) is 18.4 Å². The average molecular weight is 443 g/mol. The summed E-state index contributed by atoms with van der Waals surface area (Å²) in [7, 11) is -3.34. The highest BCUT2D eigenvalue weighted by molar-refractivity contribution is 7.90. The molecule has 1 aromatic heterocycles. The van der Waals surface area contributed by atoms with E-state index in [1.165, 1.54) is 12.1 Å². The summed E-state index contributed by atoms with van der Waals surface area (Å²) in [6.07, 6.45) is 4.23. The van der Waals surface area contributed by atoms with Crippen molar-refractivity contribution in [1.29, 1.82) is 0 Å². The summed E-state index contributed by atoms with van der Waals surface area (Å²) >= 11 is 6.13. The molecule has 2 amide bonds. The van der Waals surface area contributed by atoms with Crippen LogP contribution in [0.25, 0.3) is 0 Å². The van der Waals surface area contributed by atoms with Gasteiger partial charge in [-0.2, -0.15) is 0 Å². The summed E-state index contributed by atoms with van der Waals surface area (Å²) in [5, 5.41) is 3.06. The van der Waals surface area contributed by atoms with Crippen molar-refractivity contribution in [2.75, 3.05) is 19.3 Å². The number of rotatable bonds is 5. The number of piperidine rings is 1. The number of halogens is 2. The van der Waals surface area contributed by atoms with Gasteiger partial charge in [-0.25, -0.2) is 27.6 Å². The molecule has 0 unspecified atom stereocenters. The molecule has 156 valence electrons. The Hall–Kier alpha value is -2.46. The van der Waals surface area contributed by atoms with E-state index in [1.54, 1.807) is 11.0 Å². The molecule has 0 radical (unpaired) electrons. The summed E-state index contributed by atoms with van der Waals surface area (Å²) < 4.78 is 41.6. The minimum absolute atomic E-state index is 0.112. The number of aromatic nitrogens is 2. The lowest BCUT2D eigenvalue weighted by atomic mass is 10.1. The van der Waals surface area contributed by atoms with Gasteiger partial charge in [-0.1, -0.05) is 17.7 Å². The Morgan fingerprint density at radius 2 is 1.97 bits per heavy atom. The maximum absolute atomic E-state index is 12.8. The molecule has 29 heavy (non-hydrogen) atoms. The monoisotopic (exact) mass is 442 g/mol. The summed E-state index contributed by atoms with van der Waals surface area (Å²) in [5.74, 6) is -0.532. The largest absolute Gasteiger partial charge is 0.460 e. The second-order valence-electron chi connectivity index (χ2n) is 6.67. The molecule has 0 saturated carbocycles. The second kappa shape index (κ2) is 8.91. The zero-order chi connectivity index (χ0) is 21.0. The predicted molar refractivity (Wildman–Crippen MR) is 104 cm³/mol. The van der Waals surface area contributed by atoms with Crippen LogP contribution in [0.3, 0.4) is 0 Å². The first kappa shape index (κ1) is 21.3. The van der Waals surface area contributed by atoms with Gasteiger partial charge in [0.1, 0.15) is 6.10 Å². The van der Waals surface area contributed by atoms with Gasteiger partial charge in [0, 0.05) is 43.8 Å². The molecule has 11 heteroatoms. The number of amides is 2. The number of sulfone groups is 1. The van der Waals surface area contributed by atoms with E-state index in [9.17, 15) is 17.6 Å². The van der Waals surface area contributed by atoms with Gasteiger partial charge >= 0.3 is 12.0 Å². The number of hydrogen-bond acceptors (Lipinski definition) is 6. The summed E-state index contributed by atoms with van der Waals surface area (Å²) in [5.41, 5.74) is 0.624. The average Bonchev–Trinajstić information content (AvgIpc) is 2.68. The fraction of sp³-hybridized carbons (Fsp3) is 0.389. The van der Waals surface area contributed by atoms with Gasteiger partial charge in [0.25, 0.3) is 0 Å². The number of benzene rings is 1. The molecular weight excluding hydrogens is 423 g/mol. The van der Waals surface area contributed by atoms with Gasteiger partial charge in [0.05, 0.1) is 17.3 Å². The van der Waals surface area contributed by atoms with Gasteiger partial charge < -0.3 is 15.0 Å². The highest BCUT2D eigenvalue weighted by Gasteiger charge is 2.24. The van der Waals surface area contributed by atoms with Crippen LogP contribution >= 0.6 is 11.6 Å². The summed E-state index contributed by atoms with van der Waals surface area (Å²) in [6.45, 7) is 1.15. The van der Waals surface area contributed by atoms with Crippen molar-refractivity contribution in [1.82, 2.24) is 20.2 Å². The third-order valence-corrected chi connectivity index (χ3v) is 5.94. The van der Waals surface area contributed by atoms with E-state index in [1.807, 2.05) is 0 Å². The van der Waals surface area contributed by atoms with Crippen molar-refractivity contribution in [2.24, 2.45) is 0 Å². The molecule has 2 heterocycles. The Morgan fingerprint density at radius 3 is 2.55 bits per heavy atom. The minimum atomic E-state index is -3.34. The van der Waals surface area contributed by atoms with Crippen LogP contribution in [-0.2, 0) is 16.4 Å². The molecule has 0 bridgehead atoms. The first-order valence-corrected chi connectivity index (χ1v) is 11.1. The molecule has 1 aliphatic rings. The summed E-state index contributed by atoms with van der Waals surface area (Å²) in [4.78, 5) is 21.7. The highest BCUT2D eigenvalue weighted by Crippen LogP contribution is 2.21. The molecule has 0 atom stereocenters. The lowest BCUT2D eigenvalue weighted by Gasteiger charge is -2.31. The predicted octanol–water partition coefficient (Wildman–Crippen LogP) is 2.43. The van der Waals surface area contributed by atoms with Gasteiger partial charge in [0.2, 0.25) is 0 Å². The first-order chi connectivity index (χ1) is 13.7. The molecular formula is C18H20ClFN4O4S. The van der Waals surface area contributed by atoms with Gasteiger partial charge in [-0.3, -0.25) is 0 Å². The Bertz CT molecular complexity index is 980. The van der Waals surface area contributed by atoms with E-state index in [0.717, 1.165) is 18.6 Å². The fourth-order valence-electron chi connectivity index (χ4n) is 2.87. The van der Waals surface area contributed by atoms with Crippen LogP contribution in [-0.4, -0.2) is 54.8 Å². The third-order valence-electron chi connectivity index (χ3n) is 4.48.